The van der Waals surface area contributed by atoms with Gasteiger partial charge in [-0.1, -0.05) is 6.07 Å². The van der Waals surface area contributed by atoms with Gasteiger partial charge in [0, 0.05) is 18.0 Å². The summed E-state index contributed by atoms with van der Waals surface area (Å²) in [6.07, 6.45) is 0. The lowest BCUT2D eigenvalue weighted by molar-refractivity contribution is 0.621. The fourth-order valence-electron chi connectivity index (χ4n) is 1.67. The quantitative estimate of drug-likeness (QED) is 0.915. The Bertz CT molecular complexity index is 584. The summed E-state index contributed by atoms with van der Waals surface area (Å²) in [6.45, 7) is 3.51. The molecule has 0 aliphatic heterocycles. The largest absolute Gasteiger partial charge is 0.308 e. The van der Waals surface area contributed by atoms with E-state index in [1.54, 1.807) is 23.5 Å². The number of aryl methyl sites for hydroxylation is 1. The van der Waals surface area contributed by atoms with Crippen molar-refractivity contribution in [1.82, 2.24) is 5.32 Å². The molecule has 2 rings (SSSR count). The van der Waals surface area contributed by atoms with Crippen LogP contribution >= 0.6 is 11.3 Å². The Morgan fingerprint density at radius 1 is 1.33 bits per heavy atom. The Kier molecular flexibility index (Phi) is 4.08. The molecule has 0 aliphatic carbocycles. The summed E-state index contributed by atoms with van der Waals surface area (Å²) in [5.74, 6) is -0.463. The molecule has 0 bridgehead atoms. The summed E-state index contributed by atoms with van der Waals surface area (Å²) < 4.78 is 13.1. The monoisotopic (exact) mass is 260 g/mol. The van der Waals surface area contributed by atoms with Crippen LogP contribution in [0.1, 0.15) is 21.6 Å². The van der Waals surface area contributed by atoms with E-state index in [4.69, 9.17) is 5.26 Å². The van der Waals surface area contributed by atoms with Crippen LogP contribution in [-0.2, 0) is 13.1 Å². The van der Waals surface area contributed by atoms with Crippen LogP contribution in [0, 0.1) is 24.1 Å². The Hall–Kier alpha value is -1.70. The summed E-state index contributed by atoms with van der Waals surface area (Å²) in [4.78, 5) is 1.30. The SMILES string of the molecule is Cc1ccsc1CNCc1ccc(F)c(C#N)c1. The predicted molar refractivity (Wildman–Crippen MR) is 70.7 cm³/mol. The lowest BCUT2D eigenvalue weighted by Gasteiger charge is -2.05. The van der Waals surface area contributed by atoms with E-state index in [9.17, 15) is 4.39 Å². The van der Waals surface area contributed by atoms with E-state index in [1.807, 2.05) is 6.07 Å². The third-order valence-electron chi connectivity index (χ3n) is 2.73. The summed E-state index contributed by atoms with van der Waals surface area (Å²) in [6, 6.07) is 8.56. The van der Waals surface area contributed by atoms with Crippen LogP contribution in [0.25, 0.3) is 0 Å². The molecule has 4 heteroatoms. The second kappa shape index (κ2) is 5.76. The molecule has 2 aromatic rings. The summed E-state index contributed by atoms with van der Waals surface area (Å²) in [5, 5.41) is 14.1. The van der Waals surface area contributed by atoms with Gasteiger partial charge in [-0.05, 0) is 41.6 Å². The summed E-state index contributed by atoms with van der Waals surface area (Å²) in [5.41, 5.74) is 2.30. The first kappa shape index (κ1) is 12.7. The Labute approximate surface area is 110 Å². The standard InChI is InChI=1S/C14H13FN2S/c1-10-4-5-18-14(10)9-17-8-11-2-3-13(15)12(6-11)7-16/h2-6,17H,8-9H2,1H3. The zero-order valence-electron chi connectivity index (χ0n) is 10.0. The normalized spacial score (nSPS) is 10.3. The third kappa shape index (κ3) is 2.95. The minimum Gasteiger partial charge on any atom is -0.308 e. The lowest BCUT2D eigenvalue weighted by Crippen LogP contribution is -2.12. The molecule has 1 heterocycles. The predicted octanol–water partition coefficient (Wildman–Crippen LogP) is 3.36. The van der Waals surface area contributed by atoms with Crippen LogP contribution in [0.3, 0.4) is 0 Å². The molecule has 0 saturated heterocycles. The number of hydrogen-bond donors (Lipinski definition) is 1. The maximum Gasteiger partial charge on any atom is 0.140 e. The minimum absolute atomic E-state index is 0.0987. The highest BCUT2D eigenvalue weighted by Gasteiger charge is 2.03. The van der Waals surface area contributed by atoms with E-state index >= 15 is 0 Å². The zero-order valence-corrected chi connectivity index (χ0v) is 10.9. The van der Waals surface area contributed by atoms with Crippen molar-refractivity contribution < 1.29 is 4.39 Å². The molecule has 92 valence electrons. The van der Waals surface area contributed by atoms with Crippen molar-refractivity contribution in [3.05, 3.63) is 57.0 Å². The molecule has 0 amide bonds. The Morgan fingerprint density at radius 3 is 2.83 bits per heavy atom. The van der Waals surface area contributed by atoms with E-state index < -0.39 is 5.82 Å². The van der Waals surface area contributed by atoms with Crippen LogP contribution in [0.15, 0.2) is 29.6 Å². The number of rotatable bonds is 4. The first-order valence-corrected chi connectivity index (χ1v) is 6.51. The van der Waals surface area contributed by atoms with Gasteiger partial charge in [0.05, 0.1) is 5.56 Å². The van der Waals surface area contributed by atoms with Crippen LogP contribution in [0.2, 0.25) is 0 Å². The van der Waals surface area contributed by atoms with Crippen LogP contribution in [0.5, 0.6) is 0 Å². The van der Waals surface area contributed by atoms with Crippen molar-refractivity contribution in [3.8, 4) is 6.07 Å². The van der Waals surface area contributed by atoms with Gasteiger partial charge < -0.3 is 5.32 Å². The average Bonchev–Trinajstić information content (AvgIpc) is 2.77. The van der Waals surface area contributed by atoms with Gasteiger partial charge in [-0.25, -0.2) is 4.39 Å². The molecule has 0 fully saturated rings. The second-order valence-corrected chi connectivity index (χ2v) is 5.06. The second-order valence-electron chi connectivity index (χ2n) is 4.06. The highest BCUT2D eigenvalue weighted by molar-refractivity contribution is 7.10. The molecule has 2 nitrogen and oxygen atoms in total. The van der Waals surface area contributed by atoms with E-state index in [2.05, 4.69) is 23.7 Å². The van der Waals surface area contributed by atoms with Crippen molar-refractivity contribution in [2.24, 2.45) is 0 Å². The number of hydrogen-bond acceptors (Lipinski definition) is 3. The lowest BCUT2D eigenvalue weighted by atomic mass is 10.1. The van der Waals surface area contributed by atoms with Crippen molar-refractivity contribution in [3.63, 3.8) is 0 Å². The van der Waals surface area contributed by atoms with Crippen LogP contribution in [0.4, 0.5) is 4.39 Å². The molecule has 0 atom stereocenters. The van der Waals surface area contributed by atoms with Gasteiger partial charge in [0.15, 0.2) is 0 Å². The van der Waals surface area contributed by atoms with E-state index in [-0.39, 0.29) is 5.56 Å². The third-order valence-corrected chi connectivity index (χ3v) is 3.76. The fraction of sp³-hybridized carbons (Fsp3) is 0.214. The van der Waals surface area contributed by atoms with E-state index in [0.717, 1.165) is 12.1 Å². The maximum absolute atomic E-state index is 13.1. The molecule has 1 N–H and O–H groups in total. The van der Waals surface area contributed by atoms with Crippen molar-refractivity contribution in [1.29, 1.82) is 5.26 Å². The van der Waals surface area contributed by atoms with Gasteiger partial charge in [-0.15, -0.1) is 11.3 Å². The van der Waals surface area contributed by atoms with Crippen LogP contribution < -0.4 is 5.32 Å². The van der Waals surface area contributed by atoms with Gasteiger partial charge >= 0.3 is 0 Å². The number of nitrogens with zero attached hydrogens (tertiary/aromatic N) is 1. The number of benzene rings is 1. The van der Waals surface area contributed by atoms with E-state index in [0.29, 0.717) is 6.54 Å². The molecule has 0 saturated carbocycles. The molecule has 0 unspecified atom stereocenters. The van der Waals surface area contributed by atoms with Crippen molar-refractivity contribution in [2.45, 2.75) is 20.0 Å². The van der Waals surface area contributed by atoms with Gasteiger partial charge in [0.1, 0.15) is 11.9 Å². The van der Waals surface area contributed by atoms with Gasteiger partial charge in [-0.2, -0.15) is 5.26 Å². The zero-order chi connectivity index (χ0) is 13.0. The molecule has 18 heavy (non-hydrogen) atoms. The number of halogens is 1. The molecule has 0 aliphatic rings. The number of nitriles is 1. The van der Waals surface area contributed by atoms with Gasteiger partial charge in [0.25, 0.3) is 0 Å². The Morgan fingerprint density at radius 2 is 2.17 bits per heavy atom. The Balaban J connectivity index is 1.95. The maximum atomic E-state index is 13.1. The van der Waals surface area contributed by atoms with Crippen LogP contribution in [-0.4, -0.2) is 0 Å². The molecular formula is C14H13FN2S. The summed E-state index contributed by atoms with van der Waals surface area (Å²) in [7, 11) is 0. The van der Waals surface area contributed by atoms with E-state index in [1.165, 1.54) is 16.5 Å². The van der Waals surface area contributed by atoms with Gasteiger partial charge in [-0.3, -0.25) is 0 Å². The topological polar surface area (TPSA) is 35.8 Å². The average molecular weight is 260 g/mol. The highest BCUT2D eigenvalue weighted by atomic mass is 32.1. The van der Waals surface area contributed by atoms with Gasteiger partial charge in [0.2, 0.25) is 0 Å². The first-order valence-electron chi connectivity index (χ1n) is 5.63. The molecule has 0 spiro atoms. The fourth-order valence-corrected chi connectivity index (χ4v) is 2.55. The highest BCUT2D eigenvalue weighted by Crippen LogP contribution is 2.15. The van der Waals surface area contributed by atoms with Crippen molar-refractivity contribution in [2.75, 3.05) is 0 Å². The minimum atomic E-state index is -0.463. The molecule has 1 aromatic carbocycles. The molecule has 0 radical (unpaired) electrons. The number of thiophene rings is 1. The number of nitrogens with one attached hydrogen (secondary N) is 1. The molecule has 1 aromatic heterocycles. The smallest absolute Gasteiger partial charge is 0.140 e. The first-order chi connectivity index (χ1) is 8.70. The summed E-state index contributed by atoms with van der Waals surface area (Å²) >= 11 is 1.72. The molecular weight excluding hydrogens is 247 g/mol. The van der Waals surface area contributed by atoms with Crippen molar-refractivity contribution >= 4 is 11.3 Å².